The molecular formula is C12H18ClN. The molecule has 1 unspecified atom stereocenters. The number of nitrogens with one attached hydrogen (secondary N) is 1. The average molecular weight is 212 g/mol. The molecule has 0 aromatic heterocycles. The molecule has 0 heterocycles. The molecule has 0 radical (unpaired) electrons. The molecule has 1 atom stereocenters. The fraction of sp³-hybridized carbons (Fsp3) is 0.500. The van der Waals surface area contributed by atoms with Crippen molar-refractivity contribution in [1.29, 1.82) is 0 Å². The lowest BCUT2D eigenvalue weighted by Gasteiger charge is -2.17. The number of halogens is 1. The Morgan fingerprint density at radius 1 is 1.21 bits per heavy atom. The van der Waals surface area contributed by atoms with E-state index in [1.807, 2.05) is 18.2 Å². The molecule has 0 aliphatic heterocycles. The van der Waals surface area contributed by atoms with Crippen LogP contribution in [0.2, 0.25) is 0 Å². The van der Waals surface area contributed by atoms with Gasteiger partial charge in [-0.15, -0.1) is 11.6 Å². The summed E-state index contributed by atoms with van der Waals surface area (Å²) in [6.07, 6.45) is 0. The van der Waals surface area contributed by atoms with E-state index >= 15 is 0 Å². The minimum atomic E-state index is 0.278. The van der Waals surface area contributed by atoms with Crippen LogP contribution in [0.15, 0.2) is 30.3 Å². The number of rotatable bonds is 5. The smallest absolute Gasteiger partial charge is 0.0457 e. The molecule has 0 saturated carbocycles. The Balaban J connectivity index is 2.54. The van der Waals surface area contributed by atoms with Gasteiger partial charge in [0.25, 0.3) is 0 Å². The highest BCUT2D eigenvalue weighted by molar-refractivity contribution is 6.18. The maximum Gasteiger partial charge on any atom is 0.0457 e. The van der Waals surface area contributed by atoms with E-state index < -0.39 is 0 Å². The molecule has 1 rings (SSSR count). The van der Waals surface area contributed by atoms with Crippen LogP contribution in [-0.4, -0.2) is 12.4 Å². The van der Waals surface area contributed by atoms with Crippen molar-refractivity contribution < 1.29 is 0 Å². The van der Waals surface area contributed by atoms with E-state index in [1.54, 1.807) is 0 Å². The van der Waals surface area contributed by atoms with Crippen LogP contribution < -0.4 is 5.32 Å². The largest absolute Gasteiger partial charge is 0.309 e. The van der Waals surface area contributed by atoms with Gasteiger partial charge in [0.05, 0.1) is 0 Å². The van der Waals surface area contributed by atoms with Gasteiger partial charge in [-0.2, -0.15) is 0 Å². The number of benzene rings is 1. The van der Waals surface area contributed by atoms with Crippen molar-refractivity contribution in [2.24, 2.45) is 5.92 Å². The number of alkyl halides is 1. The Labute approximate surface area is 91.5 Å². The lowest BCUT2D eigenvalue weighted by molar-refractivity contribution is 0.499. The lowest BCUT2D eigenvalue weighted by Crippen LogP contribution is -2.26. The van der Waals surface area contributed by atoms with Gasteiger partial charge in [-0.3, -0.25) is 0 Å². The zero-order valence-corrected chi connectivity index (χ0v) is 9.59. The molecule has 1 N–H and O–H groups in total. The van der Waals surface area contributed by atoms with Crippen LogP contribution in [0.1, 0.15) is 25.5 Å². The summed E-state index contributed by atoms with van der Waals surface area (Å²) >= 11 is 5.92. The maximum atomic E-state index is 5.92. The van der Waals surface area contributed by atoms with Crippen molar-refractivity contribution in [2.75, 3.05) is 12.4 Å². The maximum absolute atomic E-state index is 5.92. The van der Waals surface area contributed by atoms with Gasteiger partial charge < -0.3 is 5.32 Å². The van der Waals surface area contributed by atoms with Gasteiger partial charge in [-0.25, -0.2) is 0 Å². The predicted octanol–water partition coefficient (Wildman–Crippen LogP) is 3.21. The summed E-state index contributed by atoms with van der Waals surface area (Å²) in [5.41, 5.74) is 1.27. The van der Waals surface area contributed by atoms with Gasteiger partial charge in [0.2, 0.25) is 0 Å². The van der Waals surface area contributed by atoms with Gasteiger partial charge in [-0.1, -0.05) is 44.2 Å². The molecule has 2 heteroatoms. The second-order valence-corrected chi connectivity index (χ2v) is 4.23. The van der Waals surface area contributed by atoms with Gasteiger partial charge in [-0.05, 0) is 18.0 Å². The first-order valence-electron chi connectivity index (χ1n) is 5.08. The minimum absolute atomic E-state index is 0.278. The van der Waals surface area contributed by atoms with Gasteiger partial charge in [0, 0.05) is 11.9 Å². The Hall–Kier alpha value is -0.530. The molecule has 78 valence electrons. The van der Waals surface area contributed by atoms with E-state index in [-0.39, 0.29) is 6.04 Å². The average Bonchev–Trinajstić information content (AvgIpc) is 2.20. The molecule has 0 aliphatic carbocycles. The van der Waals surface area contributed by atoms with Crippen molar-refractivity contribution in [2.45, 2.75) is 19.9 Å². The van der Waals surface area contributed by atoms with Crippen LogP contribution in [0, 0.1) is 5.92 Å². The van der Waals surface area contributed by atoms with Crippen molar-refractivity contribution in [3.05, 3.63) is 35.9 Å². The van der Waals surface area contributed by atoms with E-state index in [0.29, 0.717) is 11.8 Å². The van der Waals surface area contributed by atoms with Crippen molar-refractivity contribution in [3.63, 3.8) is 0 Å². The Bertz CT molecular complexity index is 246. The third-order valence-electron chi connectivity index (χ3n) is 2.13. The van der Waals surface area contributed by atoms with Crippen molar-refractivity contribution in [1.82, 2.24) is 5.32 Å². The van der Waals surface area contributed by atoms with E-state index in [9.17, 15) is 0 Å². The predicted molar refractivity (Wildman–Crippen MR) is 62.7 cm³/mol. The van der Waals surface area contributed by atoms with Gasteiger partial charge >= 0.3 is 0 Å². The highest BCUT2D eigenvalue weighted by Gasteiger charge is 2.08. The van der Waals surface area contributed by atoms with Crippen LogP contribution in [-0.2, 0) is 0 Å². The molecule has 0 spiro atoms. The first-order valence-corrected chi connectivity index (χ1v) is 5.61. The fourth-order valence-corrected chi connectivity index (χ4v) is 1.61. The monoisotopic (exact) mass is 211 g/mol. The third kappa shape index (κ3) is 3.69. The number of hydrogen-bond donors (Lipinski definition) is 1. The summed E-state index contributed by atoms with van der Waals surface area (Å²) in [5, 5.41) is 3.45. The van der Waals surface area contributed by atoms with E-state index in [2.05, 4.69) is 31.3 Å². The molecule has 1 aromatic carbocycles. The van der Waals surface area contributed by atoms with Crippen LogP contribution in [0.3, 0.4) is 0 Å². The molecule has 0 fully saturated rings. The molecular weight excluding hydrogens is 194 g/mol. The van der Waals surface area contributed by atoms with E-state index in [1.165, 1.54) is 5.56 Å². The molecule has 0 bridgehead atoms. The summed E-state index contributed by atoms with van der Waals surface area (Å²) in [7, 11) is 0. The number of hydrogen-bond acceptors (Lipinski definition) is 1. The van der Waals surface area contributed by atoms with Crippen LogP contribution >= 0.6 is 11.6 Å². The molecule has 0 amide bonds. The second-order valence-electron chi connectivity index (χ2n) is 3.92. The van der Waals surface area contributed by atoms with Gasteiger partial charge in [0.1, 0.15) is 0 Å². The third-order valence-corrected chi connectivity index (χ3v) is 2.44. The molecule has 0 aliphatic rings. The normalized spacial score (nSPS) is 13.1. The summed E-state index contributed by atoms with van der Waals surface area (Å²) in [6, 6.07) is 10.6. The van der Waals surface area contributed by atoms with Crippen molar-refractivity contribution in [3.8, 4) is 0 Å². The summed E-state index contributed by atoms with van der Waals surface area (Å²) in [5.74, 6) is 1.28. The fourth-order valence-electron chi connectivity index (χ4n) is 1.32. The van der Waals surface area contributed by atoms with Crippen LogP contribution in [0.25, 0.3) is 0 Å². The molecule has 1 aromatic rings. The highest BCUT2D eigenvalue weighted by Crippen LogP contribution is 2.14. The molecule has 1 nitrogen and oxygen atoms in total. The van der Waals surface area contributed by atoms with Gasteiger partial charge in [0.15, 0.2) is 0 Å². The first kappa shape index (κ1) is 11.5. The highest BCUT2D eigenvalue weighted by atomic mass is 35.5. The lowest BCUT2D eigenvalue weighted by atomic mass is 10.1. The first-order chi connectivity index (χ1) is 6.74. The van der Waals surface area contributed by atoms with Crippen LogP contribution in [0.4, 0.5) is 0 Å². The van der Waals surface area contributed by atoms with E-state index in [4.69, 9.17) is 11.6 Å². The molecule has 14 heavy (non-hydrogen) atoms. The minimum Gasteiger partial charge on any atom is -0.309 e. The Kier molecular flexibility index (Phi) is 4.99. The SMILES string of the molecule is CC(C)CNC(CCl)c1ccccc1. The Morgan fingerprint density at radius 3 is 2.36 bits per heavy atom. The summed E-state index contributed by atoms with van der Waals surface area (Å²) < 4.78 is 0. The summed E-state index contributed by atoms with van der Waals surface area (Å²) in [4.78, 5) is 0. The zero-order chi connectivity index (χ0) is 10.4. The topological polar surface area (TPSA) is 12.0 Å². The quantitative estimate of drug-likeness (QED) is 0.738. The summed E-state index contributed by atoms with van der Waals surface area (Å²) in [6.45, 7) is 5.40. The second kappa shape index (κ2) is 6.05. The van der Waals surface area contributed by atoms with E-state index in [0.717, 1.165) is 6.54 Å². The van der Waals surface area contributed by atoms with Crippen molar-refractivity contribution >= 4 is 11.6 Å². The Morgan fingerprint density at radius 2 is 1.86 bits per heavy atom. The standard InChI is InChI=1S/C12H18ClN/c1-10(2)9-14-12(8-13)11-6-4-3-5-7-11/h3-7,10,12,14H,8-9H2,1-2H3. The zero-order valence-electron chi connectivity index (χ0n) is 8.83. The van der Waals surface area contributed by atoms with Crippen LogP contribution in [0.5, 0.6) is 0 Å². The molecule has 0 saturated heterocycles.